The summed E-state index contributed by atoms with van der Waals surface area (Å²) in [6.07, 6.45) is -1.81. The van der Waals surface area contributed by atoms with Crippen LogP contribution < -0.4 is 5.56 Å². The summed E-state index contributed by atoms with van der Waals surface area (Å²) in [7, 11) is 0. The molecule has 1 heterocycles. The van der Waals surface area contributed by atoms with Crippen LogP contribution in [-0.4, -0.2) is 4.98 Å². The fourth-order valence-corrected chi connectivity index (χ4v) is 0.775. The molecular formula is C7H6F3NO. The zero-order valence-corrected chi connectivity index (χ0v) is 5.98. The number of alkyl halides is 3. The fraction of sp³-hybridized carbons (Fsp3) is 0.286. The molecule has 0 aromatic carbocycles. The zero-order valence-electron chi connectivity index (χ0n) is 5.98. The van der Waals surface area contributed by atoms with Gasteiger partial charge in [-0.25, -0.2) is 13.2 Å². The summed E-state index contributed by atoms with van der Waals surface area (Å²) >= 11 is 0. The van der Waals surface area contributed by atoms with Crippen molar-refractivity contribution in [2.75, 3.05) is 0 Å². The Kier molecular flexibility index (Phi) is 2.52. The Morgan fingerprint density at radius 2 is 2.17 bits per heavy atom. The predicted octanol–water partition coefficient (Wildman–Crippen LogP) is 1.78. The Morgan fingerprint density at radius 3 is 2.67 bits per heavy atom. The molecular weight excluding hydrogens is 171 g/mol. The van der Waals surface area contributed by atoms with Gasteiger partial charge in [0.1, 0.15) is 6.67 Å². The smallest absolute Gasteiger partial charge is 0.265 e. The van der Waals surface area contributed by atoms with Gasteiger partial charge in [-0.1, -0.05) is 0 Å². The summed E-state index contributed by atoms with van der Waals surface area (Å²) in [6.45, 7) is -1.03. The first-order valence-electron chi connectivity index (χ1n) is 3.20. The van der Waals surface area contributed by atoms with Crippen LogP contribution in [0.4, 0.5) is 13.2 Å². The molecule has 1 N–H and O–H groups in total. The van der Waals surface area contributed by atoms with Crippen LogP contribution in [0.1, 0.15) is 17.6 Å². The summed E-state index contributed by atoms with van der Waals surface area (Å²) in [5.41, 5.74) is -1.31. The summed E-state index contributed by atoms with van der Waals surface area (Å²) < 4.78 is 35.9. The van der Waals surface area contributed by atoms with E-state index in [1.807, 2.05) is 4.98 Å². The Bertz CT molecular complexity index is 321. The van der Waals surface area contributed by atoms with Crippen molar-refractivity contribution < 1.29 is 13.2 Å². The molecule has 0 atom stereocenters. The van der Waals surface area contributed by atoms with Gasteiger partial charge in [0.15, 0.2) is 0 Å². The number of aromatic amines is 1. The van der Waals surface area contributed by atoms with Crippen LogP contribution in [0.15, 0.2) is 17.1 Å². The SMILES string of the molecule is O=c1[nH]cc(C(F)F)cc1CF. The van der Waals surface area contributed by atoms with Gasteiger partial charge >= 0.3 is 0 Å². The summed E-state index contributed by atoms with van der Waals surface area (Å²) in [6, 6.07) is 0.865. The summed E-state index contributed by atoms with van der Waals surface area (Å²) in [4.78, 5) is 12.7. The molecule has 0 saturated carbocycles. The maximum absolute atomic E-state index is 12.0. The van der Waals surface area contributed by atoms with Crippen LogP contribution in [0.3, 0.4) is 0 Å². The van der Waals surface area contributed by atoms with Crippen LogP contribution in [0.25, 0.3) is 0 Å². The molecule has 0 spiro atoms. The van der Waals surface area contributed by atoms with E-state index in [-0.39, 0.29) is 11.1 Å². The maximum atomic E-state index is 12.0. The Hall–Kier alpha value is -1.26. The fourth-order valence-electron chi connectivity index (χ4n) is 0.775. The molecule has 1 rings (SSSR count). The highest BCUT2D eigenvalue weighted by molar-refractivity contribution is 5.18. The van der Waals surface area contributed by atoms with Gasteiger partial charge in [-0.05, 0) is 6.07 Å². The normalized spacial score (nSPS) is 10.7. The Morgan fingerprint density at radius 1 is 1.50 bits per heavy atom. The van der Waals surface area contributed by atoms with E-state index in [9.17, 15) is 18.0 Å². The first kappa shape index (κ1) is 8.83. The van der Waals surface area contributed by atoms with Gasteiger partial charge in [-0.15, -0.1) is 0 Å². The average molecular weight is 177 g/mol. The lowest BCUT2D eigenvalue weighted by molar-refractivity contribution is 0.150. The van der Waals surface area contributed by atoms with Crippen LogP contribution in [-0.2, 0) is 6.67 Å². The van der Waals surface area contributed by atoms with E-state index in [1.165, 1.54) is 0 Å². The molecule has 12 heavy (non-hydrogen) atoms. The number of hydrogen-bond donors (Lipinski definition) is 1. The standard InChI is InChI=1S/C7H6F3NO/c8-2-4-1-5(6(9)10)3-11-7(4)12/h1,3,6H,2H2,(H,11,12). The first-order valence-corrected chi connectivity index (χ1v) is 3.20. The van der Waals surface area contributed by atoms with Crippen molar-refractivity contribution in [1.29, 1.82) is 0 Å². The van der Waals surface area contributed by atoms with E-state index in [0.717, 1.165) is 12.3 Å². The Labute approximate surface area is 66.0 Å². The van der Waals surface area contributed by atoms with Gasteiger partial charge in [0, 0.05) is 17.3 Å². The first-order chi connectivity index (χ1) is 5.65. The van der Waals surface area contributed by atoms with Crippen molar-refractivity contribution in [2.24, 2.45) is 0 Å². The molecule has 1 aromatic heterocycles. The lowest BCUT2D eigenvalue weighted by Gasteiger charge is -1.99. The molecule has 0 bridgehead atoms. The second-order valence-electron chi connectivity index (χ2n) is 2.22. The molecule has 0 aliphatic rings. The second-order valence-corrected chi connectivity index (χ2v) is 2.22. The lowest BCUT2D eigenvalue weighted by Crippen LogP contribution is -2.11. The number of halogens is 3. The number of hydrogen-bond acceptors (Lipinski definition) is 1. The van der Waals surface area contributed by atoms with Crippen molar-refractivity contribution in [1.82, 2.24) is 4.98 Å². The predicted molar refractivity (Wildman–Crippen MR) is 36.8 cm³/mol. The van der Waals surface area contributed by atoms with E-state index in [0.29, 0.717) is 0 Å². The van der Waals surface area contributed by atoms with Crippen molar-refractivity contribution in [2.45, 2.75) is 13.1 Å². The molecule has 0 fully saturated rings. The Balaban J connectivity index is 3.14. The molecule has 5 heteroatoms. The van der Waals surface area contributed by atoms with Crippen LogP contribution in [0.5, 0.6) is 0 Å². The monoisotopic (exact) mass is 177 g/mol. The highest BCUT2D eigenvalue weighted by Gasteiger charge is 2.09. The zero-order chi connectivity index (χ0) is 9.14. The molecule has 0 aliphatic carbocycles. The number of pyridine rings is 1. The third-order valence-electron chi connectivity index (χ3n) is 1.40. The van der Waals surface area contributed by atoms with Gasteiger partial charge in [0.2, 0.25) is 0 Å². The van der Waals surface area contributed by atoms with E-state index < -0.39 is 18.7 Å². The average Bonchev–Trinajstić information content (AvgIpc) is 2.05. The molecule has 0 amide bonds. The van der Waals surface area contributed by atoms with Crippen LogP contribution in [0.2, 0.25) is 0 Å². The van der Waals surface area contributed by atoms with Gasteiger partial charge in [0.05, 0.1) is 0 Å². The molecule has 0 radical (unpaired) electrons. The summed E-state index contributed by atoms with van der Waals surface area (Å²) in [5, 5.41) is 0. The number of aromatic nitrogens is 1. The second kappa shape index (κ2) is 3.42. The van der Waals surface area contributed by atoms with E-state index in [4.69, 9.17) is 0 Å². The number of H-pyrrole nitrogens is 1. The van der Waals surface area contributed by atoms with Crippen molar-refractivity contribution in [3.8, 4) is 0 Å². The van der Waals surface area contributed by atoms with Crippen molar-refractivity contribution in [3.63, 3.8) is 0 Å². The van der Waals surface area contributed by atoms with Crippen LogP contribution in [0, 0.1) is 0 Å². The largest absolute Gasteiger partial charge is 0.328 e. The number of rotatable bonds is 2. The summed E-state index contributed by atoms with van der Waals surface area (Å²) in [5.74, 6) is 0. The van der Waals surface area contributed by atoms with Gasteiger partial charge < -0.3 is 4.98 Å². The maximum Gasteiger partial charge on any atom is 0.265 e. The molecule has 0 saturated heterocycles. The molecule has 0 aliphatic heterocycles. The molecule has 1 aromatic rings. The molecule has 2 nitrogen and oxygen atoms in total. The quantitative estimate of drug-likeness (QED) is 0.733. The highest BCUT2D eigenvalue weighted by Crippen LogP contribution is 2.16. The van der Waals surface area contributed by atoms with E-state index >= 15 is 0 Å². The minimum absolute atomic E-state index is 0.271. The highest BCUT2D eigenvalue weighted by atomic mass is 19.3. The van der Waals surface area contributed by atoms with E-state index in [1.54, 1.807) is 0 Å². The van der Waals surface area contributed by atoms with Gasteiger partial charge in [0.25, 0.3) is 12.0 Å². The molecule has 66 valence electrons. The topological polar surface area (TPSA) is 32.9 Å². The lowest BCUT2D eigenvalue weighted by atomic mass is 10.2. The van der Waals surface area contributed by atoms with E-state index in [2.05, 4.69) is 0 Å². The third-order valence-corrected chi connectivity index (χ3v) is 1.40. The van der Waals surface area contributed by atoms with Gasteiger partial charge in [-0.2, -0.15) is 0 Å². The van der Waals surface area contributed by atoms with Crippen molar-refractivity contribution >= 4 is 0 Å². The van der Waals surface area contributed by atoms with Gasteiger partial charge in [-0.3, -0.25) is 4.79 Å². The van der Waals surface area contributed by atoms with Crippen LogP contribution >= 0.6 is 0 Å². The number of nitrogens with one attached hydrogen (secondary N) is 1. The molecule has 0 unspecified atom stereocenters. The van der Waals surface area contributed by atoms with Crippen molar-refractivity contribution in [3.05, 3.63) is 33.7 Å². The third kappa shape index (κ3) is 1.66. The minimum atomic E-state index is -2.69. The minimum Gasteiger partial charge on any atom is -0.328 e.